The van der Waals surface area contributed by atoms with E-state index in [9.17, 15) is 4.79 Å². The van der Waals surface area contributed by atoms with Gasteiger partial charge in [-0.1, -0.05) is 6.07 Å². The Balaban J connectivity index is 2.02. The fourth-order valence-electron chi connectivity index (χ4n) is 2.35. The van der Waals surface area contributed by atoms with Crippen molar-refractivity contribution in [3.8, 4) is 0 Å². The van der Waals surface area contributed by atoms with Crippen molar-refractivity contribution in [2.24, 2.45) is 0 Å². The Labute approximate surface area is 122 Å². The third-order valence-corrected chi connectivity index (χ3v) is 3.30. The van der Waals surface area contributed by atoms with Gasteiger partial charge in [-0.2, -0.15) is 5.10 Å². The number of fused-ring (bicyclic) bond motifs is 1. The molecule has 0 aromatic carbocycles. The maximum absolute atomic E-state index is 12.5. The summed E-state index contributed by atoms with van der Waals surface area (Å²) in [6.45, 7) is 5.17. The predicted octanol–water partition coefficient (Wildman–Crippen LogP) is 1.68. The van der Waals surface area contributed by atoms with E-state index in [1.165, 1.54) is 0 Å². The average molecular weight is 283 g/mol. The largest absolute Gasteiger partial charge is 0.370 e. The maximum Gasteiger partial charge on any atom is 0.276 e. The molecule has 0 bridgehead atoms. The zero-order valence-corrected chi connectivity index (χ0v) is 12.1. The third-order valence-electron chi connectivity index (χ3n) is 3.30. The SMILES string of the molecule is CCNc1ncccc1Cn1ccn2nc(C)cc2c1=O. The Morgan fingerprint density at radius 3 is 3.00 bits per heavy atom. The van der Waals surface area contributed by atoms with Crippen LogP contribution in [0.15, 0.2) is 41.6 Å². The lowest BCUT2D eigenvalue weighted by molar-refractivity contribution is 0.740. The number of nitrogens with zero attached hydrogens (tertiary/aromatic N) is 4. The Morgan fingerprint density at radius 2 is 2.19 bits per heavy atom. The normalized spacial score (nSPS) is 11.0. The van der Waals surface area contributed by atoms with Gasteiger partial charge in [-0.05, 0) is 26.0 Å². The highest BCUT2D eigenvalue weighted by molar-refractivity contribution is 5.46. The van der Waals surface area contributed by atoms with E-state index in [4.69, 9.17) is 0 Å². The Hall–Kier alpha value is -2.63. The minimum atomic E-state index is -0.0515. The van der Waals surface area contributed by atoms with Crippen molar-refractivity contribution >= 4 is 11.3 Å². The predicted molar refractivity (Wildman–Crippen MR) is 81.7 cm³/mol. The Morgan fingerprint density at radius 1 is 1.33 bits per heavy atom. The molecule has 0 radical (unpaired) electrons. The second-order valence-corrected chi connectivity index (χ2v) is 4.89. The van der Waals surface area contributed by atoms with Gasteiger partial charge in [0.2, 0.25) is 0 Å². The van der Waals surface area contributed by atoms with Gasteiger partial charge in [0, 0.05) is 30.7 Å². The molecule has 0 saturated carbocycles. The summed E-state index contributed by atoms with van der Waals surface area (Å²) in [6.07, 6.45) is 5.30. The van der Waals surface area contributed by atoms with E-state index >= 15 is 0 Å². The molecule has 0 aliphatic rings. The van der Waals surface area contributed by atoms with Gasteiger partial charge in [0.1, 0.15) is 11.3 Å². The summed E-state index contributed by atoms with van der Waals surface area (Å²) in [4.78, 5) is 16.8. The number of hydrogen-bond acceptors (Lipinski definition) is 4. The lowest BCUT2D eigenvalue weighted by atomic mass is 10.2. The van der Waals surface area contributed by atoms with Crippen LogP contribution in [0.3, 0.4) is 0 Å². The van der Waals surface area contributed by atoms with Crippen LogP contribution in [-0.2, 0) is 6.54 Å². The monoisotopic (exact) mass is 283 g/mol. The van der Waals surface area contributed by atoms with Crippen LogP contribution < -0.4 is 10.9 Å². The first-order valence-electron chi connectivity index (χ1n) is 6.92. The lowest BCUT2D eigenvalue weighted by Gasteiger charge is -2.11. The molecule has 0 unspecified atom stereocenters. The first-order valence-corrected chi connectivity index (χ1v) is 6.92. The molecule has 0 aliphatic heterocycles. The molecule has 3 aromatic rings. The summed E-state index contributed by atoms with van der Waals surface area (Å²) in [5.41, 5.74) is 2.36. The van der Waals surface area contributed by atoms with Gasteiger partial charge in [0.05, 0.1) is 12.2 Å². The fraction of sp³-hybridized carbons (Fsp3) is 0.267. The molecule has 1 N–H and O–H groups in total. The van der Waals surface area contributed by atoms with E-state index < -0.39 is 0 Å². The van der Waals surface area contributed by atoms with Crippen molar-refractivity contribution in [3.63, 3.8) is 0 Å². The lowest BCUT2D eigenvalue weighted by Crippen LogP contribution is -2.22. The number of hydrogen-bond donors (Lipinski definition) is 1. The van der Waals surface area contributed by atoms with Gasteiger partial charge < -0.3 is 9.88 Å². The number of nitrogens with one attached hydrogen (secondary N) is 1. The van der Waals surface area contributed by atoms with Gasteiger partial charge in [-0.3, -0.25) is 4.79 Å². The molecule has 6 heteroatoms. The van der Waals surface area contributed by atoms with Gasteiger partial charge in [-0.15, -0.1) is 0 Å². The van der Waals surface area contributed by atoms with Gasteiger partial charge in [-0.25, -0.2) is 9.50 Å². The van der Waals surface area contributed by atoms with E-state index in [-0.39, 0.29) is 5.56 Å². The molecule has 0 fully saturated rings. The summed E-state index contributed by atoms with van der Waals surface area (Å²) in [5.74, 6) is 0.816. The summed E-state index contributed by atoms with van der Waals surface area (Å²) < 4.78 is 3.29. The molecule has 3 aromatic heterocycles. The van der Waals surface area contributed by atoms with Crippen molar-refractivity contribution in [3.05, 3.63) is 58.4 Å². The molecule has 0 atom stereocenters. The summed E-state index contributed by atoms with van der Waals surface area (Å²) in [6, 6.07) is 5.65. The molecular weight excluding hydrogens is 266 g/mol. The van der Waals surface area contributed by atoms with E-state index in [0.29, 0.717) is 12.1 Å². The second kappa shape index (κ2) is 5.40. The van der Waals surface area contributed by atoms with Crippen LogP contribution in [0.2, 0.25) is 0 Å². The summed E-state index contributed by atoms with van der Waals surface area (Å²) in [7, 11) is 0. The number of pyridine rings is 1. The fourth-order valence-corrected chi connectivity index (χ4v) is 2.35. The molecular formula is C15H17N5O. The average Bonchev–Trinajstić information content (AvgIpc) is 2.86. The zero-order chi connectivity index (χ0) is 14.8. The number of rotatable bonds is 4. The highest BCUT2D eigenvalue weighted by Gasteiger charge is 2.08. The topological polar surface area (TPSA) is 64.2 Å². The van der Waals surface area contributed by atoms with Crippen molar-refractivity contribution in [1.82, 2.24) is 19.2 Å². The third kappa shape index (κ3) is 2.52. The molecule has 0 amide bonds. The Bertz CT molecular complexity index is 833. The molecule has 108 valence electrons. The quantitative estimate of drug-likeness (QED) is 0.791. The smallest absolute Gasteiger partial charge is 0.276 e. The first-order chi connectivity index (χ1) is 10.2. The first kappa shape index (κ1) is 13.4. The van der Waals surface area contributed by atoms with Crippen LogP contribution in [-0.4, -0.2) is 25.7 Å². The second-order valence-electron chi connectivity index (χ2n) is 4.89. The van der Waals surface area contributed by atoms with E-state index in [1.807, 2.05) is 26.0 Å². The molecule has 0 saturated heterocycles. The van der Waals surface area contributed by atoms with E-state index in [1.54, 1.807) is 33.7 Å². The van der Waals surface area contributed by atoms with Crippen molar-refractivity contribution in [1.29, 1.82) is 0 Å². The van der Waals surface area contributed by atoms with Gasteiger partial charge in [0.25, 0.3) is 5.56 Å². The summed E-state index contributed by atoms with van der Waals surface area (Å²) >= 11 is 0. The van der Waals surface area contributed by atoms with Crippen LogP contribution >= 0.6 is 0 Å². The minimum absolute atomic E-state index is 0.0515. The van der Waals surface area contributed by atoms with Crippen LogP contribution in [0.5, 0.6) is 0 Å². The molecule has 3 heterocycles. The van der Waals surface area contributed by atoms with Crippen LogP contribution in [0, 0.1) is 6.92 Å². The van der Waals surface area contributed by atoms with E-state index in [0.717, 1.165) is 23.6 Å². The highest BCUT2D eigenvalue weighted by Crippen LogP contribution is 2.12. The van der Waals surface area contributed by atoms with Crippen molar-refractivity contribution < 1.29 is 0 Å². The van der Waals surface area contributed by atoms with Crippen molar-refractivity contribution in [2.45, 2.75) is 20.4 Å². The van der Waals surface area contributed by atoms with Gasteiger partial charge in [0.15, 0.2) is 0 Å². The number of anilines is 1. The maximum atomic E-state index is 12.5. The van der Waals surface area contributed by atoms with Gasteiger partial charge >= 0.3 is 0 Å². The zero-order valence-electron chi connectivity index (χ0n) is 12.1. The number of aromatic nitrogens is 4. The van der Waals surface area contributed by atoms with Crippen LogP contribution in [0.1, 0.15) is 18.2 Å². The standard InChI is InChI=1S/C15H17N5O/c1-3-16-14-12(5-4-6-17-14)10-19-7-8-20-13(15(19)21)9-11(2)18-20/h4-9H,3,10H2,1-2H3,(H,16,17). The molecule has 6 nitrogen and oxygen atoms in total. The Kier molecular flexibility index (Phi) is 3.43. The molecule has 21 heavy (non-hydrogen) atoms. The minimum Gasteiger partial charge on any atom is -0.370 e. The van der Waals surface area contributed by atoms with Crippen LogP contribution in [0.25, 0.3) is 5.52 Å². The van der Waals surface area contributed by atoms with Crippen molar-refractivity contribution in [2.75, 3.05) is 11.9 Å². The molecule has 3 rings (SSSR count). The number of aryl methyl sites for hydroxylation is 1. The van der Waals surface area contributed by atoms with Crippen LogP contribution in [0.4, 0.5) is 5.82 Å². The molecule has 0 spiro atoms. The summed E-state index contributed by atoms with van der Waals surface area (Å²) in [5, 5.41) is 7.46. The molecule has 0 aliphatic carbocycles. The highest BCUT2D eigenvalue weighted by atomic mass is 16.1. The van der Waals surface area contributed by atoms with E-state index in [2.05, 4.69) is 15.4 Å².